The van der Waals surface area contributed by atoms with Crippen LogP contribution in [-0.2, 0) is 9.59 Å². The molecule has 8 heteroatoms. The van der Waals surface area contributed by atoms with E-state index in [0.29, 0.717) is 47.6 Å². The van der Waals surface area contributed by atoms with E-state index in [4.69, 9.17) is 15.2 Å². The lowest BCUT2D eigenvalue weighted by molar-refractivity contribution is -0.123. The first kappa shape index (κ1) is 19.3. The molecule has 0 aromatic heterocycles. The van der Waals surface area contributed by atoms with Gasteiger partial charge in [0.1, 0.15) is 5.82 Å². The molecule has 8 nitrogen and oxygen atoms in total. The molecule has 1 atom stereocenters. The number of hydrogen-bond acceptors (Lipinski definition) is 7. The van der Waals surface area contributed by atoms with Gasteiger partial charge < -0.3 is 15.2 Å². The van der Waals surface area contributed by atoms with Crippen LogP contribution in [0.3, 0.4) is 0 Å². The second-order valence-electron chi connectivity index (χ2n) is 6.60. The van der Waals surface area contributed by atoms with Crippen molar-refractivity contribution in [1.29, 1.82) is 5.26 Å². The quantitative estimate of drug-likeness (QED) is 0.816. The molecule has 3 rings (SSSR count). The summed E-state index contributed by atoms with van der Waals surface area (Å²) in [6, 6.07) is 7.39. The standard InChI is InChI=1S/C20H22N4O4/c1-11(25)23-24-14-5-4-6-15(26)19(14)18(13(10-21)20(24)22)12-7-8-16(27-2)17(9-12)28-3/h7-9,18H,4-6,22H2,1-3H3,(H,23,25). The SMILES string of the molecule is COc1ccc(C2C(C#N)=C(N)N(NC(C)=O)C3=C2C(=O)CCC3)cc1OC. The molecular formula is C20H22N4O4. The molecule has 0 fully saturated rings. The first-order valence-corrected chi connectivity index (χ1v) is 8.88. The number of nitrogens with two attached hydrogens (primary N) is 1. The average molecular weight is 382 g/mol. The van der Waals surface area contributed by atoms with Gasteiger partial charge in [0.2, 0.25) is 5.91 Å². The molecule has 0 saturated carbocycles. The Morgan fingerprint density at radius 3 is 2.61 bits per heavy atom. The van der Waals surface area contributed by atoms with Gasteiger partial charge in [-0.15, -0.1) is 0 Å². The van der Waals surface area contributed by atoms with Crippen molar-refractivity contribution < 1.29 is 19.1 Å². The minimum absolute atomic E-state index is 0.0587. The predicted octanol–water partition coefficient (Wildman–Crippen LogP) is 1.86. The highest BCUT2D eigenvalue weighted by atomic mass is 16.5. The monoisotopic (exact) mass is 382 g/mol. The molecule has 1 aliphatic carbocycles. The fourth-order valence-corrected chi connectivity index (χ4v) is 3.74. The van der Waals surface area contributed by atoms with Crippen LogP contribution in [0.15, 0.2) is 40.9 Å². The van der Waals surface area contributed by atoms with Crippen LogP contribution < -0.4 is 20.6 Å². The molecule has 2 aliphatic rings. The van der Waals surface area contributed by atoms with E-state index in [9.17, 15) is 14.9 Å². The predicted molar refractivity (Wildman–Crippen MR) is 101 cm³/mol. The van der Waals surface area contributed by atoms with Crippen molar-refractivity contribution in [2.45, 2.75) is 32.1 Å². The van der Waals surface area contributed by atoms with E-state index in [1.165, 1.54) is 26.2 Å². The number of allylic oxidation sites excluding steroid dienone is 3. The van der Waals surface area contributed by atoms with Crippen LogP contribution in [0, 0.1) is 11.3 Å². The van der Waals surface area contributed by atoms with Gasteiger partial charge in [-0.3, -0.25) is 15.0 Å². The smallest absolute Gasteiger partial charge is 0.235 e. The summed E-state index contributed by atoms with van der Waals surface area (Å²) < 4.78 is 10.7. The van der Waals surface area contributed by atoms with Gasteiger partial charge in [0.25, 0.3) is 0 Å². The van der Waals surface area contributed by atoms with Gasteiger partial charge in [-0.05, 0) is 30.5 Å². The van der Waals surface area contributed by atoms with Crippen molar-refractivity contribution in [2.24, 2.45) is 5.73 Å². The van der Waals surface area contributed by atoms with Gasteiger partial charge in [0.05, 0.1) is 31.8 Å². The molecule has 1 heterocycles. The van der Waals surface area contributed by atoms with Crippen LogP contribution in [0.4, 0.5) is 0 Å². The maximum Gasteiger partial charge on any atom is 0.235 e. The molecule has 0 radical (unpaired) electrons. The molecule has 1 amide bonds. The molecule has 3 N–H and O–H groups in total. The zero-order chi connectivity index (χ0) is 20.4. The van der Waals surface area contributed by atoms with Crippen molar-refractivity contribution in [3.8, 4) is 17.6 Å². The van der Waals surface area contributed by atoms with E-state index < -0.39 is 5.92 Å². The van der Waals surface area contributed by atoms with Crippen molar-refractivity contribution in [3.05, 3.63) is 46.4 Å². The molecule has 1 aromatic carbocycles. The summed E-state index contributed by atoms with van der Waals surface area (Å²) in [4.78, 5) is 24.5. The highest BCUT2D eigenvalue weighted by Crippen LogP contribution is 2.45. The number of hydrazine groups is 1. The normalized spacial score (nSPS) is 19.1. The Labute approximate surface area is 163 Å². The van der Waals surface area contributed by atoms with Crippen molar-refractivity contribution in [1.82, 2.24) is 10.4 Å². The Balaban J connectivity index is 2.22. The van der Waals surface area contributed by atoms with E-state index in [1.807, 2.05) is 0 Å². The number of ketones is 1. The van der Waals surface area contributed by atoms with Crippen molar-refractivity contribution in [3.63, 3.8) is 0 Å². The number of rotatable bonds is 4. The summed E-state index contributed by atoms with van der Waals surface area (Å²) in [5.41, 5.74) is 10.9. The van der Waals surface area contributed by atoms with E-state index in [1.54, 1.807) is 18.2 Å². The molecule has 28 heavy (non-hydrogen) atoms. The van der Waals surface area contributed by atoms with Crippen LogP contribution in [0.2, 0.25) is 0 Å². The number of nitrogens with one attached hydrogen (secondary N) is 1. The van der Waals surface area contributed by atoms with Crippen LogP contribution in [0.5, 0.6) is 11.5 Å². The highest BCUT2D eigenvalue weighted by molar-refractivity contribution is 6.00. The molecule has 1 aromatic rings. The van der Waals surface area contributed by atoms with E-state index in [2.05, 4.69) is 11.5 Å². The number of carbonyl (C=O) groups excluding carboxylic acids is 2. The maximum atomic E-state index is 12.9. The summed E-state index contributed by atoms with van der Waals surface area (Å²) in [7, 11) is 3.06. The first-order valence-electron chi connectivity index (χ1n) is 8.88. The second-order valence-corrected chi connectivity index (χ2v) is 6.60. The molecule has 0 spiro atoms. The third-order valence-electron chi connectivity index (χ3n) is 4.92. The number of carbonyl (C=O) groups is 2. The second kappa shape index (κ2) is 7.64. The van der Waals surface area contributed by atoms with Gasteiger partial charge >= 0.3 is 0 Å². The number of hydrogen-bond donors (Lipinski definition) is 2. The third kappa shape index (κ3) is 3.16. The minimum atomic E-state index is -0.627. The van der Waals surface area contributed by atoms with E-state index in [-0.39, 0.29) is 23.1 Å². The Hall–Kier alpha value is -3.47. The van der Waals surface area contributed by atoms with Crippen LogP contribution in [0.1, 0.15) is 37.7 Å². The summed E-state index contributed by atoms with van der Waals surface area (Å²) >= 11 is 0. The van der Waals surface area contributed by atoms with E-state index in [0.717, 1.165) is 0 Å². The molecule has 146 valence electrons. The largest absolute Gasteiger partial charge is 0.493 e. The maximum absolute atomic E-state index is 12.9. The Kier molecular flexibility index (Phi) is 5.27. The molecule has 1 unspecified atom stereocenters. The molecule has 1 aliphatic heterocycles. The fourth-order valence-electron chi connectivity index (χ4n) is 3.74. The van der Waals surface area contributed by atoms with Crippen molar-refractivity contribution >= 4 is 11.7 Å². The summed E-state index contributed by atoms with van der Waals surface area (Å²) in [6.45, 7) is 1.35. The fraction of sp³-hybridized carbons (Fsp3) is 0.350. The van der Waals surface area contributed by atoms with Gasteiger partial charge in [-0.25, -0.2) is 5.01 Å². The number of ether oxygens (including phenoxy) is 2. The number of nitriles is 1. The number of amides is 1. The summed E-state index contributed by atoms with van der Waals surface area (Å²) in [5.74, 6) is 0.127. The Bertz CT molecular complexity index is 942. The number of Topliss-reactive ketones (excluding diaryl/α,β-unsaturated/α-hetero) is 1. The van der Waals surface area contributed by atoms with Crippen molar-refractivity contribution in [2.75, 3.05) is 14.2 Å². The van der Waals surface area contributed by atoms with Gasteiger partial charge in [0, 0.05) is 24.6 Å². The molecular weight excluding hydrogens is 360 g/mol. The summed E-state index contributed by atoms with van der Waals surface area (Å²) in [5, 5.41) is 11.2. The number of nitrogens with zero attached hydrogens (tertiary/aromatic N) is 2. The minimum Gasteiger partial charge on any atom is -0.493 e. The first-order chi connectivity index (χ1) is 13.4. The Morgan fingerprint density at radius 2 is 2.00 bits per heavy atom. The lowest BCUT2D eigenvalue weighted by Crippen LogP contribution is -2.47. The van der Waals surface area contributed by atoms with Gasteiger partial charge in [-0.1, -0.05) is 6.07 Å². The van der Waals surface area contributed by atoms with Crippen LogP contribution in [0.25, 0.3) is 0 Å². The van der Waals surface area contributed by atoms with Crippen LogP contribution >= 0.6 is 0 Å². The third-order valence-corrected chi connectivity index (χ3v) is 4.92. The molecule has 0 saturated heterocycles. The zero-order valence-corrected chi connectivity index (χ0v) is 16.0. The van der Waals surface area contributed by atoms with Crippen LogP contribution in [-0.4, -0.2) is 30.9 Å². The topological polar surface area (TPSA) is 118 Å². The summed E-state index contributed by atoms with van der Waals surface area (Å²) in [6.07, 6.45) is 1.61. The molecule has 0 bridgehead atoms. The number of methoxy groups -OCH3 is 2. The zero-order valence-electron chi connectivity index (χ0n) is 16.0. The highest BCUT2D eigenvalue weighted by Gasteiger charge is 2.40. The Morgan fingerprint density at radius 1 is 1.29 bits per heavy atom. The lowest BCUT2D eigenvalue weighted by Gasteiger charge is -2.39. The van der Waals surface area contributed by atoms with E-state index >= 15 is 0 Å². The average Bonchev–Trinajstić information content (AvgIpc) is 2.69. The lowest BCUT2D eigenvalue weighted by atomic mass is 9.76. The van der Waals surface area contributed by atoms with Gasteiger partial charge in [0.15, 0.2) is 17.3 Å². The van der Waals surface area contributed by atoms with Gasteiger partial charge in [-0.2, -0.15) is 5.26 Å². The number of benzene rings is 1.